The van der Waals surface area contributed by atoms with Crippen LogP contribution < -0.4 is 11.1 Å². The van der Waals surface area contributed by atoms with Gasteiger partial charge in [0, 0.05) is 11.6 Å². The van der Waals surface area contributed by atoms with Gasteiger partial charge in [-0.15, -0.1) is 10.2 Å². The fourth-order valence-corrected chi connectivity index (χ4v) is 2.79. The van der Waals surface area contributed by atoms with Gasteiger partial charge in [-0.25, -0.2) is 0 Å². The summed E-state index contributed by atoms with van der Waals surface area (Å²) >= 11 is 1.23. The first-order valence-electron chi connectivity index (χ1n) is 8.07. The number of nitrogens with zero attached hydrogens (tertiary/aromatic N) is 2. The quantitative estimate of drug-likeness (QED) is 0.749. The Hall–Kier alpha value is -1.86. The molecule has 6 nitrogen and oxygen atoms in total. The normalized spacial score (nSPS) is 13.5. The number of nitrogens with one attached hydrogen (secondary N) is 1. The van der Waals surface area contributed by atoms with Crippen molar-refractivity contribution in [2.24, 2.45) is 5.92 Å². The minimum atomic E-state index is -0.0974. The standard InChI is InChI=1S/C17H24N4O2S/c1-5-11(3)15(18)16-20-21-17(23-16)24-9-14(22)19-13-7-6-10(2)8-12(13)4/h6-8,11,15H,5,9,18H2,1-4H3,(H,19,22)/p+1/t11-,15+/m1/s1. The number of aromatic nitrogens is 2. The number of hydrogen-bond acceptors (Lipinski definition) is 5. The Morgan fingerprint density at radius 2 is 2.12 bits per heavy atom. The van der Waals surface area contributed by atoms with Gasteiger partial charge in [0.2, 0.25) is 5.91 Å². The number of rotatable bonds is 7. The number of benzene rings is 1. The van der Waals surface area contributed by atoms with E-state index in [4.69, 9.17) is 4.42 Å². The van der Waals surface area contributed by atoms with Crippen LogP contribution in [0.4, 0.5) is 5.69 Å². The van der Waals surface area contributed by atoms with Crippen LogP contribution in [-0.2, 0) is 4.79 Å². The summed E-state index contributed by atoms with van der Waals surface area (Å²) in [5.41, 5.74) is 7.11. The molecule has 0 radical (unpaired) electrons. The van der Waals surface area contributed by atoms with Crippen molar-refractivity contribution in [1.29, 1.82) is 0 Å². The van der Waals surface area contributed by atoms with Crippen molar-refractivity contribution in [3.8, 4) is 0 Å². The number of aryl methyl sites for hydroxylation is 2. The summed E-state index contributed by atoms with van der Waals surface area (Å²) in [4.78, 5) is 12.1. The van der Waals surface area contributed by atoms with E-state index in [1.807, 2.05) is 32.0 Å². The zero-order valence-electron chi connectivity index (χ0n) is 14.6. The highest BCUT2D eigenvalue weighted by Gasteiger charge is 2.23. The Morgan fingerprint density at radius 3 is 2.79 bits per heavy atom. The van der Waals surface area contributed by atoms with E-state index in [0.717, 1.165) is 17.7 Å². The topological polar surface area (TPSA) is 95.7 Å². The number of thioether (sulfide) groups is 1. The third kappa shape index (κ3) is 4.82. The molecule has 2 aromatic rings. The second kappa shape index (κ2) is 8.30. The van der Waals surface area contributed by atoms with Crippen molar-refractivity contribution >= 4 is 23.4 Å². The molecule has 0 saturated carbocycles. The van der Waals surface area contributed by atoms with Crippen LogP contribution in [0.2, 0.25) is 0 Å². The Kier molecular flexibility index (Phi) is 6.39. The van der Waals surface area contributed by atoms with Gasteiger partial charge < -0.3 is 15.5 Å². The molecule has 0 fully saturated rings. The summed E-state index contributed by atoms with van der Waals surface area (Å²) in [6.07, 6.45) is 0.997. The van der Waals surface area contributed by atoms with Crippen LogP contribution in [0.25, 0.3) is 0 Å². The number of amides is 1. The molecule has 1 amide bonds. The first-order valence-corrected chi connectivity index (χ1v) is 9.05. The van der Waals surface area contributed by atoms with Crippen molar-refractivity contribution in [1.82, 2.24) is 10.2 Å². The second-order valence-corrected chi connectivity index (χ2v) is 6.98. The molecular formula is C17H25N4O2S+. The predicted octanol–water partition coefficient (Wildman–Crippen LogP) is 2.75. The highest BCUT2D eigenvalue weighted by molar-refractivity contribution is 7.99. The third-order valence-electron chi connectivity index (χ3n) is 4.05. The van der Waals surface area contributed by atoms with E-state index < -0.39 is 0 Å². The van der Waals surface area contributed by atoms with Gasteiger partial charge in [0.15, 0.2) is 6.04 Å². The fraction of sp³-hybridized carbons (Fsp3) is 0.471. The van der Waals surface area contributed by atoms with Crippen LogP contribution >= 0.6 is 11.8 Å². The predicted molar refractivity (Wildman–Crippen MR) is 94.7 cm³/mol. The smallest absolute Gasteiger partial charge is 0.277 e. The molecule has 0 aliphatic carbocycles. The maximum Gasteiger partial charge on any atom is 0.277 e. The van der Waals surface area contributed by atoms with Gasteiger partial charge in [0.25, 0.3) is 11.1 Å². The number of quaternary nitrogens is 1. The van der Waals surface area contributed by atoms with E-state index >= 15 is 0 Å². The van der Waals surface area contributed by atoms with Crippen LogP contribution in [0.1, 0.15) is 43.3 Å². The molecule has 2 atom stereocenters. The van der Waals surface area contributed by atoms with Crippen molar-refractivity contribution in [2.75, 3.05) is 11.1 Å². The molecule has 24 heavy (non-hydrogen) atoms. The van der Waals surface area contributed by atoms with Gasteiger partial charge in [0.1, 0.15) is 0 Å². The largest absolute Gasteiger partial charge is 0.410 e. The Morgan fingerprint density at radius 1 is 1.38 bits per heavy atom. The second-order valence-electron chi connectivity index (χ2n) is 6.05. The van der Waals surface area contributed by atoms with Crippen LogP contribution in [0, 0.1) is 19.8 Å². The molecule has 0 spiro atoms. The molecule has 0 aliphatic heterocycles. The minimum absolute atomic E-state index is 0.0270. The molecule has 0 aliphatic rings. The number of anilines is 1. The summed E-state index contributed by atoms with van der Waals surface area (Å²) < 4.78 is 5.61. The zero-order chi connectivity index (χ0) is 17.7. The summed E-state index contributed by atoms with van der Waals surface area (Å²) in [6, 6.07) is 5.90. The molecule has 7 heteroatoms. The molecule has 1 aromatic heterocycles. The average Bonchev–Trinajstić information content (AvgIpc) is 3.03. The molecule has 0 saturated heterocycles. The summed E-state index contributed by atoms with van der Waals surface area (Å²) in [5, 5.41) is 11.3. The number of carbonyl (C=O) groups excluding carboxylic acids is 1. The molecule has 0 bridgehead atoms. The van der Waals surface area contributed by atoms with E-state index in [2.05, 4.69) is 35.1 Å². The highest BCUT2D eigenvalue weighted by atomic mass is 32.2. The molecule has 2 rings (SSSR count). The van der Waals surface area contributed by atoms with Crippen LogP contribution in [-0.4, -0.2) is 21.9 Å². The van der Waals surface area contributed by atoms with Crippen molar-refractivity contribution in [2.45, 2.75) is 45.4 Å². The van der Waals surface area contributed by atoms with E-state index in [0.29, 0.717) is 17.0 Å². The van der Waals surface area contributed by atoms with Gasteiger partial charge in [-0.1, -0.05) is 43.3 Å². The third-order valence-corrected chi connectivity index (χ3v) is 4.87. The van der Waals surface area contributed by atoms with E-state index in [1.165, 1.54) is 17.3 Å². The summed E-state index contributed by atoms with van der Waals surface area (Å²) in [7, 11) is 0. The van der Waals surface area contributed by atoms with E-state index in [-0.39, 0.29) is 17.7 Å². The fourth-order valence-electron chi connectivity index (χ4n) is 2.22. The van der Waals surface area contributed by atoms with Gasteiger partial charge in [-0.05, 0) is 31.9 Å². The maximum atomic E-state index is 12.1. The van der Waals surface area contributed by atoms with Crippen molar-refractivity contribution < 1.29 is 14.9 Å². The maximum absolute atomic E-state index is 12.1. The minimum Gasteiger partial charge on any atom is -0.410 e. The Labute approximate surface area is 146 Å². The van der Waals surface area contributed by atoms with Gasteiger partial charge in [-0.3, -0.25) is 4.79 Å². The first kappa shape index (κ1) is 18.5. The molecular weight excluding hydrogens is 324 g/mol. The molecule has 4 N–H and O–H groups in total. The molecule has 0 unspecified atom stereocenters. The molecule has 1 heterocycles. The van der Waals surface area contributed by atoms with Crippen molar-refractivity contribution in [3.63, 3.8) is 0 Å². The Bertz CT molecular complexity index is 702. The van der Waals surface area contributed by atoms with Crippen LogP contribution in [0.3, 0.4) is 0 Å². The van der Waals surface area contributed by atoms with Crippen molar-refractivity contribution in [3.05, 3.63) is 35.2 Å². The lowest BCUT2D eigenvalue weighted by molar-refractivity contribution is -0.444. The van der Waals surface area contributed by atoms with Gasteiger partial charge in [-0.2, -0.15) is 0 Å². The summed E-state index contributed by atoms with van der Waals surface area (Å²) in [6.45, 7) is 8.21. The number of hydrogen-bond donors (Lipinski definition) is 2. The van der Waals surface area contributed by atoms with Crippen LogP contribution in [0.15, 0.2) is 27.8 Å². The lowest BCUT2D eigenvalue weighted by Gasteiger charge is -2.10. The monoisotopic (exact) mass is 349 g/mol. The zero-order valence-corrected chi connectivity index (χ0v) is 15.4. The number of carbonyl (C=O) groups is 1. The van der Waals surface area contributed by atoms with Gasteiger partial charge in [0.05, 0.1) is 5.75 Å². The van der Waals surface area contributed by atoms with Gasteiger partial charge >= 0.3 is 0 Å². The van der Waals surface area contributed by atoms with E-state index in [1.54, 1.807) is 0 Å². The molecule has 130 valence electrons. The average molecular weight is 349 g/mol. The highest BCUT2D eigenvalue weighted by Crippen LogP contribution is 2.23. The lowest BCUT2D eigenvalue weighted by atomic mass is 10.0. The Balaban J connectivity index is 1.89. The summed E-state index contributed by atoms with van der Waals surface area (Å²) in [5.74, 6) is 1.03. The first-order chi connectivity index (χ1) is 11.4. The SMILES string of the molecule is CC[C@@H](C)[C@H]([NH3+])c1nnc(SCC(=O)Nc2ccc(C)cc2C)o1. The lowest BCUT2D eigenvalue weighted by Crippen LogP contribution is -2.56. The molecule has 1 aromatic carbocycles. The van der Waals surface area contributed by atoms with Crippen LogP contribution in [0.5, 0.6) is 0 Å². The van der Waals surface area contributed by atoms with E-state index in [9.17, 15) is 4.79 Å².